The van der Waals surface area contributed by atoms with Crippen molar-refractivity contribution in [1.29, 1.82) is 0 Å². The molecule has 158 valence electrons. The monoisotopic (exact) mass is 407 g/mol. The lowest BCUT2D eigenvalue weighted by atomic mass is 10.2. The van der Waals surface area contributed by atoms with Gasteiger partial charge in [0.25, 0.3) is 0 Å². The van der Waals surface area contributed by atoms with E-state index in [-0.39, 0.29) is 12.4 Å². The summed E-state index contributed by atoms with van der Waals surface area (Å²) >= 11 is 1.37. The van der Waals surface area contributed by atoms with Gasteiger partial charge in [0, 0.05) is 18.1 Å². The Hall–Kier alpha value is -1.52. The Bertz CT molecular complexity index is 502. The van der Waals surface area contributed by atoms with Gasteiger partial charge in [0.15, 0.2) is 6.04 Å². The van der Waals surface area contributed by atoms with Gasteiger partial charge in [-0.25, -0.2) is 9.59 Å². The molecule has 0 fully saturated rings. The first-order valence-corrected chi connectivity index (χ1v) is 9.85. The Morgan fingerprint density at radius 1 is 1.04 bits per heavy atom. The first-order valence-electron chi connectivity index (χ1n) is 8.69. The maximum absolute atomic E-state index is 12.5. The van der Waals surface area contributed by atoms with Crippen LogP contribution >= 0.6 is 11.8 Å². The third kappa shape index (κ3) is 13.3. The Kier molecular flexibility index (Phi) is 10.7. The molecule has 0 bridgehead atoms. The molecule has 0 aromatic carbocycles. The van der Waals surface area contributed by atoms with Crippen LogP contribution in [-0.2, 0) is 19.1 Å². The Balaban J connectivity index is 5.01. The molecule has 0 radical (unpaired) electrons. The zero-order valence-electron chi connectivity index (χ0n) is 17.0. The van der Waals surface area contributed by atoms with E-state index in [1.807, 2.05) is 0 Å². The molecule has 9 nitrogen and oxygen atoms in total. The van der Waals surface area contributed by atoms with E-state index < -0.39 is 41.3 Å². The lowest BCUT2D eigenvalue weighted by Crippen LogP contribution is -2.54. The highest BCUT2D eigenvalue weighted by atomic mass is 32.2. The number of hydrogen-bond acceptors (Lipinski definition) is 7. The number of rotatable bonds is 10. The first kappa shape index (κ1) is 25.5. The molecule has 2 atom stereocenters. The Labute approximate surface area is 165 Å². The predicted molar refractivity (Wildman–Crippen MR) is 105 cm³/mol. The van der Waals surface area contributed by atoms with Gasteiger partial charge in [0.1, 0.15) is 11.6 Å². The molecule has 0 aromatic heterocycles. The van der Waals surface area contributed by atoms with E-state index in [9.17, 15) is 19.5 Å². The summed E-state index contributed by atoms with van der Waals surface area (Å²) in [4.78, 5) is 35.9. The molecular formula is C17H33N3O6S. The highest BCUT2D eigenvalue weighted by molar-refractivity contribution is 7.99. The van der Waals surface area contributed by atoms with E-state index in [1.54, 1.807) is 41.5 Å². The Morgan fingerprint density at radius 3 is 2.07 bits per heavy atom. The lowest BCUT2D eigenvalue weighted by Gasteiger charge is -2.26. The number of carbonyl (C=O) groups is 3. The third-order valence-corrected chi connectivity index (χ3v) is 3.95. The summed E-state index contributed by atoms with van der Waals surface area (Å²) in [7, 11) is 0. The summed E-state index contributed by atoms with van der Waals surface area (Å²) in [6.07, 6.45) is -0.756. The topological polar surface area (TPSA) is 140 Å². The van der Waals surface area contributed by atoms with Crippen molar-refractivity contribution < 1.29 is 29.0 Å². The van der Waals surface area contributed by atoms with Crippen molar-refractivity contribution in [2.24, 2.45) is 5.73 Å². The van der Waals surface area contributed by atoms with Crippen LogP contribution in [0.5, 0.6) is 0 Å². The van der Waals surface area contributed by atoms with Crippen LogP contribution in [-0.4, -0.2) is 71.0 Å². The van der Waals surface area contributed by atoms with Gasteiger partial charge in [-0.15, -0.1) is 0 Å². The molecule has 0 saturated carbocycles. The van der Waals surface area contributed by atoms with E-state index in [2.05, 4.69) is 10.6 Å². The number of ether oxygens (including phenoxy) is 2. The van der Waals surface area contributed by atoms with Crippen molar-refractivity contribution in [3.8, 4) is 0 Å². The standard InChI is InChI=1S/C17H33N3O6S/c1-16(2,3)25-9-11(14(22)23)19-13(21)12(10-27-8-7-18)20-15(24)26-17(4,5)6/h11-12H,7-10,18H2,1-6H3,(H,19,21)(H,20,24)(H,22,23). The number of carboxylic acid groups (broad SMARTS) is 1. The number of hydrogen-bond donors (Lipinski definition) is 4. The molecule has 0 spiro atoms. The summed E-state index contributed by atoms with van der Waals surface area (Å²) < 4.78 is 10.6. The first-order chi connectivity index (χ1) is 12.2. The number of carbonyl (C=O) groups excluding carboxylic acids is 2. The Morgan fingerprint density at radius 2 is 1.63 bits per heavy atom. The maximum Gasteiger partial charge on any atom is 0.408 e. The average molecular weight is 408 g/mol. The predicted octanol–water partition coefficient (Wildman–Crippen LogP) is 0.956. The summed E-state index contributed by atoms with van der Waals surface area (Å²) in [5.41, 5.74) is 4.17. The highest BCUT2D eigenvalue weighted by Crippen LogP contribution is 2.10. The third-order valence-electron chi connectivity index (χ3n) is 2.85. The number of thioether (sulfide) groups is 1. The molecule has 0 aliphatic rings. The number of nitrogens with one attached hydrogen (secondary N) is 2. The van der Waals surface area contributed by atoms with Gasteiger partial charge < -0.3 is 30.9 Å². The fraction of sp³-hybridized carbons (Fsp3) is 0.824. The quantitative estimate of drug-likeness (QED) is 0.393. The van der Waals surface area contributed by atoms with Gasteiger partial charge in [0.05, 0.1) is 12.2 Å². The number of nitrogens with two attached hydrogens (primary N) is 1. The molecule has 0 aliphatic carbocycles. The minimum Gasteiger partial charge on any atom is -0.480 e. The second kappa shape index (κ2) is 11.4. The molecule has 2 amide bonds. The van der Waals surface area contributed by atoms with Crippen molar-refractivity contribution in [1.82, 2.24) is 10.6 Å². The van der Waals surface area contributed by atoms with Crippen LogP contribution in [0.2, 0.25) is 0 Å². The van der Waals surface area contributed by atoms with Crippen molar-refractivity contribution in [3.63, 3.8) is 0 Å². The van der Waals surface area contributed by atoms with Crippen LogP contribution < -0.4 is 16.4 Å². The van der Waals surface area contributed by atoms with Crippen molar-refractivity contribution in [3.05, 3.63) is 0 Å². The highest BCUT2D eigenvalue weighted by Gasteiger charge is 2.29. The van der Waals surface area contributed by atoms with E-state index >= 15 is 0 Å². The largest absolute Gasteiger partial charge is 0.480 e. The van der Waals surface area contributed by atoms with Crippen LogP contribution in [0.15, 0.2) is 0 Å². The molecule has 2 unspecified atom stereocenters. The second-order valence-corrected chi connectivity index (χ2v) is 9.04. The molecule has 5 N–H and O–H groups in total. The second-order valence-electron chi connectivity index (χ2n) is 7.89. The van der Waals surface area contributed by atoms with Crippen LogP contribution in [0.1, 0.15) is 41.5 Å². The van der Waals surface area contributed by atoms with Crippen molar-refractivity contribution in [2.45, 2.75) is 64.8 Å². The summed E-state index contributed by atoms with van der Waals surface area (Å²) in [5, 5.41) is 14.2. The number of amides is 2. The molecule has 10 heteroatoms. The zero-order chi connectivity index (χ0) is 21.3. The normalized spacial score (nSPS) is 14.2. The summed E-state index contributed by atoms with van der Waals surface area (Å²) in [6, 6.07) is -2.20. The van der Waals surface area contributed by atoms with Gasteiger partial charge >= 0.3 is 12.1 Å². The number of carboxylic acids is 1. The SMILES string of the molecule is CC(C)(C)OCC(NC(=O)C(CSCCN)NC(=O)OC(C)(C)C)C(=O)O. The van der Waals surface area contributed by atoms with Gasteiger partial charge in [-0.05, 0) is 41.5 Å². The number of aliphatic carboxylic acids is 1. The molecule has 0 saturated heterocycles. The summed E-state index contributed by atoms with van der Waals surface area (Å²) in [6.45, 7) is 10.7. The summed E-state index contributed by atoms with van der Waals surface area (Å²) in [5.74, 6) is -1.03. The molecule has 0 aromatic rings. The van der Waals surface area contributed by atoms with Crippen molar-refractivity contribution in [2.75, 3.05) is 24.7 Å². The molecule has 0 heterocycles. The van der Waals surface area contributed by atoms with Crippen LogP contribution in [0.25, 0.3) is 0 Å². The minimum atomic E-state index is -1.24. The van der Waals surface area contributed by atoms with E-state index in [0.717, 1.165) is 0 Å². The molecular weight excluding hydrogens is 374 g/mol. The molecule has 27 heavy (non-hydrogen) atoms. The van der Waals surface area contributed by atoms with Crippen LogP contribution in [0.3, 0.4) is 0 Å². The van der Waals surface area contributed by atoms with Gasteiger partial charge in [0.2, 0.25) is 5.91 Å². The van der Waals surface area contributed by atoms with Crippen LogP contribution in [0, 0.1) is 0 Å². The maximum atomic E-state index is 12.5. The smallest absolute Gasteiger partial charge is 0.408 e. The van der Waals surface area contributed by atoms with Gasteiger partial charge in [-0.1, -0.05) is 0 Å². The van der Waals surface area contributed by atoms with Gasteiger partial charge in [-0.3, -0.25) is 4.79 Å². The lowest BCUT2D eigenvalue weighted by molar-refractivity contribution is -0.145. The van der Waals surface area contributed by atoms with E-state index in [1.165, 1.54) is 11.8 Å². The van der Waals surface area contributed by atoms with E-state index in [0.29, 0.717) is 12.3 Å². The van der Waals surface area contributed by atoms with Crippen molar-refractivity contribution >= 4 is 29.7 Å². The van der Waals surface area contributed by atoms with Gasteiger partial charge in [-0.2, -0.15) is 11.8 Å². The molecule has 0 aliphatic heterocycles. The average Bonchev–Trinajstić information content (AvgIpc) is 2.47. The fourth-order valence-electron chi connectivity index (χ4n) is 1.70. The van der Waals surface area contributed by atoms with E-state index in [4.69, 9.17) is 15.2 Å². The van der Waals surface area contributed by atoms with Crippen LogP contribution in [0.4, 0.5) is 4.79 Å². The zero-order valence-corrected chi connectivity index (χ0v) is 17.8. The fourth-order valence-corrected chi connectivity index (χ4v) is 2.50. The number of alkyl carbamates (subject to hydrolysis) is 1. The molecule has 0 rings (SSSR count). The minimum absolute atomic E-state index is 0.195.